The molecule has 0 fully saturated rings. The maximum Gasteiger partial charge on any atom is 0.407 e. The quantitative estimate of drug-likeness (QED) is 0.151. The summed E-state index contributed by atoms with van der Waals surface area (Å²) >= 11 is 0. The molecule has 172 valence electrons. The molecule has 0 aromatic heterocycles. The second-order valence-electron chi connectivity index (χ2n) is 7.24. The Hall–Kier alpha value is -1.60. The van der Waals surface area contributed by atoms with Crippen LogP contribution in [0.2, 0.25) is 0 Å². The van der Waals surface area contributed by atoms with Crippen molar-refractivity contribution in [3.63, 3.8) is 0 Å². The minimum Gasteiger partial charge on any atom is -0.444 e. The number of ether oxygens (including phenoxy) is 1. The van der Waals surface area contributed by atoms with Gasteiger partial charge in [0.2, 0.25) is 10.0 Å². The first kappa shape index (κ1) is 28.4. The lowest BCUT2D eigenvalue weighted by molar-refractivity contribution is 0.0529. The van der Waals surface area contributed by atoms with Gasteiger partial charge in [-0.05, 0) is 33.3 Å². The highest BCUT2D eigenvalue weighted by Crippen LogP contribution is 2.06. The molecule has 30 heavy (non-hydrogen) atoms. The molecule has 0 unspecified atom stereocenters. The third kappa shape index (κ3) is 14.4. The van der Waals surface area contributed by atoms with E-state index >= 15 is 0 Å². The fraction of sp³-hybridized carbons (Fsp3) is 0.579. The number of guanidine groups is 1. The summed E-state index contributed by atoms with van der Waals surface area (Å²) in [6.07, 6.45) is -0.489. The van der Waals surface area contributed by atoms with E-state index in [4.69, 9.17) is 4.74 Å². The molecular weight excluding hydrogens is 521 g/mol. The van der Waals surface area contributed by atoms with Gasteiger partial charge in [0.05, 0.1) is 12.3 Å². The predicted octanol–water partition coefficient (Wildman–Crippen LogP) is 1.80. The highest BCUT2D eigenvalue weighted by Gasteiger charge is 2.15. The first-order valence-electron chi connectivity index (χ1n) is 9.61. The Morgan fingerprint density at radius 3 is 2.30 bits per heavy atom. The molecule has 1 aromatic rings. The fourth-order valence-corrected chi connectivity index (χ4v) is 3.00. The van der Waals surface area contributed by atoms with Crippen molar-refractivity contribution in [2.75, 3.05) is 31.9 Å². The van der Waals surface area contributed by atoms with Crippen molar-refractivity contribution in [3.05, 3.63) is 35.9 Å². The number of nitrogens with one attached hydrogen (secondary N) is 4. The summed E-state index contributed by atoms with van der Waals surface area (Å²) < 4.78 is 31.9. The monoisotopic (exact) mass is 555 g/mol. The van der Waals surface area contributed by atoms with E-state index in [2.05, 4.69) is 25.7 Å². The van der Waals surface area contributed by atoms with E-state index in [1.807, 2.05) is 37.3 Å². The largest absolute Gasteiger partial charge is 0.444 e. The number of hydrogen-bond donors (Lipinski definition) is 4. The van der Waals surface area contributed by atoms with E-state index < -0.39 is 21.7 Å². The third-order valence-electron chi connectivity index (χ3n) is 3.40. The van der Waals surface area contributed by atoms with Crippen molar-refractivity contribution in [3.8, 4) is 0 Å². The maximum absolute atomic E-state index is 12.1. The third-order valence-corrected chi connectivity index (χ3v) is 4.70. The van der Waals surface area contributed by atoms with Crippen LogP contribution in [0, 0.1) is 0 Å². The van der Waals surface area contributed by atoms with Crippen LogP contribution in [0.3, 0.4) is 0 Å². The van der Waals surface area contributed by atoms with Crippen molar-refractivity contribution in [2.24, 2.45) is 4.99 Å². The SMILES string of the molecule is CCNC(=NCCS(=O)(=O)NCc1ccccc1)NCCNC(=O)OC(C)(C)C.I. The zero-order valence-corrected chi connectivity index (χ0v) is 21.2. The van der Waals surface area contributed by atoms with Crippen LogP contribution in [0.25, 0.3) is 0 Å². The highest BCUT2D eigenvalue weighted by molar-refractivity contribution is 14.0. The van der Waals surface area contributed by atoms with Crippen molar-refractivity contribution in [1.82, 2.24) is 20.7 Å². The van der Waals surface area contributed by atoms with Gasteiger partial charge in [-0.1, -0.05) is 30.3 Å². The standard InChI is InChI=1S/C19H33N5O4S.HI/c1-5-20-17(21-11-12-23-18(25)28-19(2,3)4)22-13-14-29(26,27)24-15-16-9-7-6-8-10-16;/h6-10,24H,5,11-15H2,1-4H3,(H,23,25)(H2,20,21,22);1H. The molecule has 0 atom stereocenters. The van der Waals surface area contributed by atoms with E-state index in [1.165, 1.54) is 0 Å². The van der Waals surface area contributed by atoms with Gasteiger partial charge in [-0.15, -0.1) is 24.0 Å². The first-order valence-corrected chi connectivity index (χ1v) is 11.3. The summed E-state index contributed by atoms with van der Waals surface area (Å²) in [4.78, 5) is 15.9. The fourth-order valence-electron chi connectivity index (χ4n) is 2.14. The van der Waals surface area contributed by atoms with Gasteiger partial charge in [0.25, 0.3) is 0 Å². The average Bonchev–Trinajstić information content (AvgIpc) is 2.63. The van der Waals surface area contributed by atoms with Gasteiger partial charge in [0.15, 0.2) is 5.96 Å². The van der Waals surface area contributed by atoms with Gasteiger partial charge >= 0.3 is 6.09 Å². The Bertz CT molecular complexity index is 752. The zero-order valence-electron chi connectivity index (χ0n) is 18.0. The molecule has 0 aliphatic carbocycles. The van der Waals surface area contributed by atoms with Crippen LogP contribution >= 0.6 is 24.0 Å². The second kappa shape index (κ2) is 14.4. The molecule has 0 saturated carbocycles. The number of carbonyl (C=O) groups excluding carboxylic acids is 1. The van der Waals surface area contributed by atoms with Crippen LogP contribution in [0.15, 0.2) is 35.3 Å². The number of carbonyl (C=O) groups is 1. The molecular formula is C19H34IN5O4S. The minimum atomic E-state index is -3.43. The molecule has 0 spiro atoms. The van der Waals surface area contributed by atoms with Crippen LogP contribution in [0.4, 0.5) is 4.79 Å². The van der Waals surface area contributed by atoms with E-state index in [1.54, 1.807) is 20.8 Å². The summed E-state index contributed by atoms with van der Waals surface area (Å²) in [5, 5.41) is 8.71. The van der Waals surface area contributed by atoms with E-state index in [-0.39, 0.29) is 42.8 Å². The second-order valence-corrected chi connectivity index (χ2v) is 9.17. The lowest BCUT2D eigenvalue weighted by Crippen LogP contribution is -2.42. The smallest absolute Gasteiger partial charge is 0.407 e. The number of sulfonamides is 1. The Balaban J connectivity index is 0.00000841. The Labute approximate surface area is 196 Å². The first-order chi connectivity index (χ1) is 13.6. The molecule has 0 aliphatic heterocycles. The van der Waals surface area contributed by atoms with Gasteiger partial charge in [0, 0.05) is 26.2 Å². The summed E-state index contributed by atoms with van der Waals surface area (Å²) in [6.45, 7) is 9.05. The maximum atomic E-state index is 12.1. The number of amides is 1. The van der Waals surface area contributed by atoms with Gasteiger partial charge in [-0.25, -0.2) is 17.9 Å². The average molecular weight is 555 g/mol. The molecule has 0 saturated heterocycles. The Morgan fingerprint density at radius 2 is 1.70 bits per heavy atom. The van der Waals surface area contributed by atoms with Gasteiger partial charge < -0.3 is 20.7 Å². The van der Waals surface area contributed by atoms with Gasteiger partial charge in [0.1, 0.15) is 5.60 Å². The van der Waals surface area contributed by atoms with E-state index in [0.29, 0.717) is 25.6 Å². The number of alkyl carbamates (subject to hydrolysis) is 1. The van der Waals surface area contributed by atoms with Crippen molar-refractivity contribution in [1.29, 1.82) is 0 Å². The topological polar surface area (TPSA) is 121 Å². The van der Waals surface area contributed by atoms with Crippen LogP contribution in [-0.4, -0.2) is 58.0 Å². The molecule has 4 N–H and O–H groups in total. The van der Waals surface area contributed by atoms with Gasteiger partial charge in [-0.2, -0.15) is 0 Å². The lowest BCUT2D eigenvalue weighted by Gasteiger charge is -2.19. The Kier molecular flexibility index (Phi) is 13.6. The summed E-state index contributed by atoms with van der Waals surface area (Å²) in [6, 6.07) is 9.32. The van der Waals surface area contributed by atoms with Crippen molar-refractivity contribution < 1.29 is 17.9 Å². The summed E-state index contributed by atoms with van der Waals surface area (Å²) in [5.74, 6) is 0.365. The Morgan fingerprint density at radius 1 is 1.07 bits per heavy atom. The molecule has 1 rings (SSSR count). The van der Waals surface area contributed by atoms with Crippen molar-refractivity contribution >= 4 is 46.1 Å². The lowest BCUT2D eigenvalue weighted by atomic mass is 10.2. The predicted molar refractivity (Wildman–Crippen MR) is 131 cm³/mol. The number of aliphatic imine (C=N–C) groups is 1. The van der Waals surface area contributed by atoms with Crippen LogP contribution in [-0.2, 0) is 21.3 Å². The number of hydrogen-bond acceptors (Lipinski definition) is 5. The van der Waals surface area contributed by atoms with Crippen LogP contribution in [0.5, 0.6) is 0 Å². The molecule has 0 heterocycles. The van der Waals surface area contributed by atoms with Crippen molar-refractivity contribution in [2.45, 2.75) is 39.8 Å². The van der Waals surface area contributed by atoms with Crippen LogP contribution in [0.1, 0.15) is 33.3 Å². The molecule has 1 amide bonds. The molecule has 0 bridgehead atoms. The molecule has 0 aliphatic rings. The zero-order chi connectivity index (χ0) is 21.8. The normalized spacial score (nSPS) is 11.9. The number of nitrogens with zero attached hydrogens (tertiary/aromatic N) is 1. The van der Waals surface area contributed by atoms with Crippen LogP contribution < -0.4 is 20.7 Å². The molecule has 0 radical (unpaired) electrons. The minimum absolute atomic E-state index is 0. The molecule has 1 aromatic carbocycles. The highest BCUT2D eigenvalue weighted by atomic mass is 127. The summed E-state index contributed by atoms with van der Waals surface area (Å²) in [5.41, 5.74) is 0.348. The number of benzene rings is 1. The number of rotatable bonds is 10. The van der Waals surface area contributed by atoms with E-state index in [9.17, 15) is 13.2 Å². The molecule has 11 heteroatoms. The number of halogens is 1. The van der Waals surface area contributed by atoms with E-state index in [0.717, 1.165) is 5.56 Å². The molecule has 9 nitrogen and oxygen atoms in total. The summed E-state index contributed by atoms with van der Waals surface area (Å²) in [7, 11) is -3.43. The van der Waals surface area contributed by atoms with Gasteiger partial charge in [-0.3, -0.25) is 4.99 Å².